The molecule has 0 aromatic carbocycles. The summed E-state index contributed by atoms with van der Waals surface area (Å²) in [6.07, 6.45) is 0. The average molecular weight is 276 g/mol. The summed E-state index contributed by atoms with van der Waals surface area (Å²) < 4.78 is 5.32. The van der Waals surface area contributed by atoms with Gasteiger partial charge in [0, 0.05) is 12.3 Å². The number of hydrogen-bond donors (Lipinski definition) is 2. The third kappa shape index (κ3) is 9.44. The molecule has 0 saturated heterocycles. The lowest BCUT2D eigenvalue weighted by molar-refractivity contribution is -0.123. The molecule has 1 atom stereocenters. The predicted octanol–water partition coefficient (Wildman–Crippen LogP) is 0.425. The second-order valence-corrected chi connectivity index (χ2v) is 5.53. The standard InChI is InChI=1S/C12H24N2O3S/c1-9(2)11(13)12(16)14-4-5-17-6-7-18-8-10(3)15/h9,11H,4-8,13H2,1-3H3,(H,14,16). The van der Waals surface area contributed by atoms with E-state index in [1.807, 2.05) is 13.8 Å². The summed E-state index contributed by atoms with van der Waals surface area (Å²) in [6, 6.07) is -0.462. The van der Waals surface area contributed by atoms with Gasteiger partial charge in [0.2, 0.25) is 5.91 Å². The number of ether oxygens (including phenoxy) is 1. The molecule has 0 aliphatic heterocycles. The van der Waals surface area contributed by atoms with Crippen LogP contribution in [0.15, 0.2) is 0 Å². The smallest absolute Gasteiger partial charge is 0.237 e. The zero-order chi connectivity index (χ0) is 14.0. The van der Waals surface area contributed by atoms with Gasteiger partial charge in [0.15, 0.2) is 0 Å². The number of nitrogens with two attached hydrogens (primary N) is 1. The molecule has 0 radical (unpaired) electrons. The van der Waals surface area contributed by atoms with Gasteiger partial charge in [-0.05, 0) is 12.8 Å². The van der Waals surface area contributed by atoms with E-state index in [1.54, 1.807) is 18.7 Å². The van der Waals surface area contributed by atoms with Gasteiger partial charge < -0.3 is 15.8 Å². The van der Waals surface area contributed by atoms with Gasteiger partial charge >= 0.3 is 0 Å². The van der Waals surface area contributed by atoms with Crippen LogP contribution in [0.2, 0.25) is 0 Å². The highest BCUT2D eigenvalue weighted by Crippen LogP contribution is 1.99. The van der Waals surface area contributed by atoms with Crippen LogP contribution in [-0.2, 0) is 14.3 Å². The van der Waals surface area contributed by atoms with Crippen LogP contribution in [-0.4, -0.2) is 49.0 Å². The van der Waals surface area contributed by atoms with Crippen molar-refractivity contribution in [1.29, 1.82) is 0 Å². The number of amides is 1. The Kier molecular flexibility index (Phi) is 10.0. The Hall–Kier alpha value is -0.590. The molecule has 0 aromatic heterocycles. The van der Waals surface area contributed by atoms with Crippen molar-refractivity contribution < 1.29 is 14.3 Å². The molecule has 5 nitrogen and oxygen atoms in total. The molecular formula is C12H24N2O3S. The second-order valence-electron chi connectivity index (χ2n) is 4.43. The summed E-state index contributed by atoms with van der Waals surface area (Å²) in [6.45, 7) is 6.92. The Morgan fingerprint density at radius 1 is 1.33 bits per heavy atom. The number of nitrogens with one attached hydrogen (secondary N) is 1. The van der Waals surface area contributed by atoms with E-state index in [2.05, 4.69) is 5.32 Å². The van der Waals surface area contributed by atoms with Crippen LogP contribution in [0.3, 0.4) is 0 Å². The van der Waals surface area contributed by atoms with Crippen molar-refractivity contribution in [1.82, 2.24) is 5.32 Å². The summed E-state index contributed by atoms with van der Waals surface area (Å²) >= 11 is 1.55. The SMILES string of the molecule is CC(=O)CSCCOCCNC(=O)C(N)C(C)C. The van der Waals surface area contributed by atoms with Gasteiger partial charge in [-0.1, -0.05) is 13.8 Å². The largest absolute Gasteiger partial charge is 0.379 e. The van der Waals surface area contributed by atoms with Crippen molar-refractivity contribution in [2.45, 2.75) is 26.8 Å². The molecule has 18 heavy (non-hydrogen) atoms. The quantitative estimate of drug-likeness (QED) is 0.565. The third-order valence-corrected chi connectivity index (χ3v) is 3.31. The molecule has 1 unspecified atom stereocenters. The molecule has 0 heterocycles. The van der Waals surface area contributed by atoms with Gasteiger partial charge in [-0.15, -0.1) is 0 Å². The highest BCUT2D eigenvalue weighted by Gasteiger charge is 2.15. The fourth-order valence-corrected chi connectivity index (χ4v) is 1.77. The fraction of sp³-hybridized carbons (Fsp3) is 0.833. The van der Waals surface area contributed by atoms with E-state index in [1.165, 1.54) is 0 Å². The Labute approximate surface area is 113 Å². The van der Waals surface area contributed by atoms with Crippen molar-refractivity contribution in [3.05, 3.63) is 0 Å². The normalized spacial score (nSPS) is 12.5. The van der Waals surface area contributed by atoms with Crippen LogP contribution < -0.4 is 11.1 Å². The van der Waals surface area contributed by atoms with Crippen LogP contribution >= 0.6 is 11.8 Å². The van der Waals surface area contributed by atoms with Crippen LogP contribution in [0.25, 0.3) is 0 Å². The van der Waals surface area contributed by atoms with E-state index in [4.69, 9.17) is 10.5 Å². The molecule has 0 aliphatic rings. The average Bonchev–Trinajstić information content (AvgIpc) is 2.30. The first-order valence-electron chi connectivity index (χ1n) is 6.13. The fourth-order valence-electron chi connectivity index (χ4n) is 1.10. The Morgan fingerprint density at radius 2 is 2.00 bits per heavy atom. The van der Waals surface area contributed by atoms with E-state index >= 15 is 0 Å². The molecule has 0 spiro atoms. The number of thioether (sulfide) groups is 1. The predicted molar refractivity (Wildman–Crippen MR) is 74.6 cm³/mol. The maximum atomic E-state index is 11.5. The summed E-state index contributed by atoms with van der Waals surface area (Å²) in [7, 11) is 0. The van der Waals surface area contributed by atoms with E-state index in [0.717, 1.165) is 5.75 Å². The number of carbonyl (C=O) groups is 2. The zero-order valence-corrected chi connectivity index (χ0v) is 12.2. The minimum absolute atomic E-state index is 0.133. The number of rotatable bonds is 10. The van der Waals surface area contributed by atoms with Crippen molar-refractivity contribution in [3.8, 4) is 0 Å². The molecule has 106 valence electrons. The van der Waals surface area contributed by atoms with Crippen LogP contribution in [0, 0.1) is 5.92 Å². The van der Waals surface area contributed by atoms with Gasteiger partial charge in [-0.2, -0.15) is 11.8 Å². The number of Topliss-reactive ketones (excluding diaryl/α,β-unsaturated/α-hetero) is 1. The van der Waals surface area contributed by atoms with E-state index in [0.29, 0.717) is 25.5 Å². The maximum Gasteiger partial charge on any atom is 0.237 e. The molecule has 6 heteroatoms. The molecule has 0 rings (SSSR count). The Bertz CT molecular complexity index is 260. The lowest BCUT2D eigenvalue weighted by Gasteiger charge is -2.15. The molecular weight excluding hydrogens is 252 g/mol. The van der Waals surface area contributed by atoms with Crippen molar-refractivity contribution in [2.24, 2.45) is 11.7 Å². The van der Waals surface area contributed by atoms with Crippen LogP contribution in [0.4, 0.5) is 0 Å². The minimum Gasteiger partial charge on any atom is -0.379 e. The summed E-state index contributed by atoms with van der Waals surface area (Å²) in [4.78, 5) is 22.1. The first-order valence-corrected chi connectivity index (χ1v) is 7.28. The third-order valence-electron chi connectivity index (χ3n) is 2.24. The van der Waals surface area contributed by atoms with E-state index in [9.17, 15) is 9.59 Å². The van der Waals surface area contributed by atoms with Gasteiger partial charge in [0.25, 0.3) is 0 Å². The highest BCUT2D eigenvalue weighted by atomic mass is 32.2. The van der Waals surface area contributed by atoms with E-state index in [-0.39, 0.29) is 17.6 Å². The lowest BCUT2D eigenvalue weighted by atomic mass is 10.1. The van der Waals surface area contributed by atoms with Crippen LogP contribution in [0.1, 0.15) is 20.8 Å². The molecule has 1 amide bonds. The van der Waals surface area contributed by atoms with Crippen molar-refractivity contribution in [2.75, 3.05) is 31.3 Å². The summed E-state index contributed by atoms with van der Waals surface area (Å²) in [5.74, 6) is 1.49. The molecule has 0 fully saturated rings. The summed E-state index contributed by atoms with van der Waals surface area (Å²) in [5.41, 5.74) is 5.68. The van der Waals surface area contributed by atoms with Gasteiger partial charge in [0.1, 0.15) is 5.78 Å². The Balaban J connectivity index is 3.35. The number of carbonyl (C=O) groups excluding carboxylic acids is 2. The molecule has 0 bridgehead atoms. The molecule has 3 N–H and O–H groups in total. The second kappa shape index (κ2) is 10.3. The minimum atomic E-state index is -0.462. The number of ketones is 1. The van der Waals surface area contributed by atoms with Crippen LogP contribution in [0.5, 0.6) is 0 Å². The Morgan fingerprint density at radius 3 is 2.56 bits per heavy atom. The van der Waals surface area contributed by atoms with Crippen molar-refractivity contribution >= 4 is 23.5 Å². The van der Waals surface area contributed by atoms with Crippen molar-refractivity contribution in [3.63, 3.8) is 0 Å². The van der Waals surface area contributed by atoms with Gasteiger partial charge in [-0.25, -0.2) is 0 Å². The maximum absolute atomic E-state index is 11.5. The highest BCUT2D eigenvalue weighted by molar-refractivity contribution is 7.99. The number of hydrogen-bond acceptors (Lipinski definition) is 5. The zero-order valence-electron chi connectivity index (χ0n) is 11.4. The first-order chi connectivity index (χ1) is 8.45. The molecule has 0 aliphatic carbocycles. The monoisotopic (exact) mass is 276 g/mol. The van der Waals surface area contributed by atoms with E-state index < -0.39 is 6.04 Å². The lowest BCUT2D eigenvalue weighted by Crippen LogP contribution is -2.44. The first kappa shape index (κ1) is 17.4. The molecule has 0 saturated carbocycles. The molecule has 0 aromatic rings. The topological polar surface area (TPSA) is 81.4 Å². The van der Waals surface area contributed by atoms with Gasteiger partial charge in [0.05, 0.1) is 25.0 Å². The van der Waals surface area contributed by atoms with Gasteiger partial charge in [-0.3, -0.25) is 9.59 Å². The summed E-state index contributed by atoms with van der Waals surface area (Å²) in [5, 5.41) is 2.72.